The molecule has 0 aliphatic rings. The summed E-state index contributed by atoms with van der Waals surface area (Å²) in [4.78, 5) is 11.6. The van der Waals surface area contributed by atoms with Crippen molar-refractivity contribution >= 4 is 12.0 Å². The van der Waals surface area contributed by atoms with Gasteiger partial charge in [0.05, 0.1) is 6.54 Å². The van der Waals surface area contributed by atoms with E-state index in [0.717, 1.165) is 5.75 Å². The number of hydrogen-bond donors (Lipinski definition) is 1. The summed E-state index contributed by atoms with van der Waals surface area (Å²) in [5.41, 5.74) is 1.81. The number of aryl methyl sites for hydroxylation is 1. The van der Waals surface area contributed by atoms with Crippen LogP contribution < -0.4 is 10.1 Å². The summed E-state index contributed by atoms with van der Waals surface area (Å²) in [6.45, 7) is 2.80. The number of hydrogen-bond acceptors (Lipinski definition) is 2. The van der Waals surface area contributed by atoms with Gasteiger partial charge >= 0.3 is 0 Å². The van der Waals surface area contributed by atoms with Crippen LogP contribution in [0, 0.1) is 12.7 Å². The highest BCUT2D eigenvalue weighted by molar-refractivity contribution is 5.91. The second kappa shape index (κ2) is 7.98. The van der Waals surface area contributed by atoms with Gasteiger partial charge in [-0.3, -0.25) is 4.79 Å². The molecule has 0 aliphatic carbocycles. The highest BCUT2D eigenvalue weighted by Crippen LogP contribution is 2.10. The lowest BCUT2D eigenvalue weighted by atomic mass is 10.2. The molecular weight excluding hydrogens is 281 g/mol. The van der Waals surface area contributed by atoms with Gasteiger partial charge in [-0.15, -0.1) is 0 Å². The molecule has 0 radical (unpaired) electrons. The summed E-state index contributed by atoms with van der Waals surface area (Å²) in [7, 11) is 0. The normalized spacial score (nSPS) is 10.6. The quantitative estimate of drug-likeness (QED) is 0.656. The molecule has 4 heteroatoms. The van der Waals surface area contributed by atoms with E-state index in [1.807, 2.05) is 31.2 Å². The third-order valence-electron chi connectivity index (χ3n) is 2.97. The maximum absolute atomic E-state index is 13.0. The molecule has 0 bridgehead atoms. The van der Waals surface area contributed by atoms with Crippen molar-refractivity contribution in [2.24, 2.45) is 0 Å². The molecule has 0 atom stereocenters. The summed E-state index contributed by atoms with van der Waals surface area (Å²) in [5.74, 6) is 0.209. The second-order valence-electron chi connectivity index (χ2n) is 4.84. The van der Waals surface area contributed by atoms with Crippen molar-refractivity contribution in [3.05, 3.63) is 71.6 Å². The molecule has 1 amide bonds. The van der Waals surface area contributed by atoms with Crippen molar-refractivity contribution in [3.8, 4) is 5.75 Å². The first-order valence-corrected chi connectivity index (χ1v) is 7.04. The fourth-order valence-corrected chi connectivity index (χ4v) is 1.82. The first kappa shape index (κ1) is 15.8. The van der Waals surface area contributed by atoms with Crippen molar-refractivity contribution in [1.82, 2.24) is 5.32 Å². The minimum Gasteiger partial charge on any atom is -0.492 e. The number of amides is 1. The number of carbonyl (C=O) groups is 1. The van der Waals surface area contributed by atoms with Crippen LogP contribution in [-0.2, 0) is 4.79 Å². The predicted octanol–water partition coefficient (Wildman–Crippen LogP) is 3.34. The molecule has 3 nitrogen and oxygen atoms in total. The van der Waals surface area contributed by atoms with Crippen molar-refractivity contribution in [2.45, 2.75) is 6.92 Å². The van der Waals surface area contributed by atoms with Crippen LogP contribution in [0.5, 0.6) is 5.75 Å². The van der Waals surface area contributed by atoms with E-state index in [2.05, 4.69) is 5.32 Å². The topological polar surface area (TPSA) is 38.3 Å². The van der Waals surface area contributed by atoms with E-state index in [1.165, 1.54) is 23.8 Å². The lowest BCUT2D eigenvalue weighted by molar-refractivity contribution is -0.116. The van der Waals surface area contributed by atoms with Crippen LogP contribution in [0.15, 0.2) is 54.6 Å². The molecule has 0 saturated heterocycles. The Morgan fingerprint density at radius 2 is 2.00 bits per heavy atom. The summed E-state index contributed by atoms with van der Waals surface area (Å²) >= 11 is 0. The Morgan fingerprint density at radius 3 is 2.73 bits per heavy atom. The molecule has 22 heavy (non-hydrogen) atoms. The van der Waals surface area contributed by atoms with Gasteiger partial charge in [0.25, 0.3) is 0 Å². The molecule has 114 valence electrons. The Kier molecular flexibility index (Phi) is 5.72. The first-order valence-electron chi connectivity index (χ1n) is 7.04. The van der Waals surface area contributed by atoms with Crippen molar-refractivity contribution in [2.75, 3.05) is 13.2 Å². The molecule has 0 fully saturated rings. The predicted molar refractivity (Wildman–Crippen MR) is 85.1 cm³/mol. The van der Waals surface area contributed by atoms with E-state index in [0.29, 0.717) is 18.7 Å². The number of carbonyl (C=O) groups excluding carboxylic acids is 1. The van der Waals surface area contributed by atoms with E-state index in [-0.39, 0.29) is 11.7 Å². The largest absolute Gasteiger partial charge is 0.492 e. The Labute approximate surface area is 129 Å². The molecule has 2 rings (SSSR count). The fraction of sp³-hybridized carbons (Fsp3) is 0.167. The Bertz CT molecular complexity index is 650. The number of ether oxygens (including phenoxy) is 1. The Morgan fingerprint density at radius 1 is 1.23 bits per heavy atom. The molecule has 2 aromatic carbocycles. The van der Waals surface area contributed by atoms with Gasteiger partial charge in [0.2, 0.25) is 5.91 Å². The summed E-state index contributed by atoms with van der Waals surface area (Å²) in [6, 6.07) is 13.8. The zero-order valence-electron chi connectivity index (χ0n) is 12.4. The lowest BCUT2D eigenvalue weighted by Gasteiger charge is -2.06. The minimum absolute atomic E-state index is 0.239. The van der Waals surface area contributed by atoms with Gasteiger partial charge in [-0.25, -0.2) is 4.39 Å². The molecule has 0 aromatic heterocycles. The standard InChI is InChI=1S/C18H18FNO2/c1-14-5-8-17(9-6-14)22-12-11-20-18(21)10-7-15-3-2-4-16(19)13-15/h2-10,13H,11-12H2,1H3,(H,20,21). The highest BCUT2D eigenvalue weighted by atomic mass is 19.1. The van der Waals surface area contributed by atoms with E-state index >= 15 is 0 Å². The first-order chi connectivity index (χ1) is 10.6. The molecule has 0 aliphatic heterocycles. The van der Waals surface area contributed by atoms with E-state index in [4.69, 9.17) is 4.74 Å². The van der Waals surface area contributed by atoms with E-state index < -0.39 is 0 Å². The van der Waals surface area contributed by atoms with Gasteiger partial charge in [0.1, 0.15) is 18.2 Å². The van der Waals surface area contributed by atoms with Gasteiger partial charge in [-0.2, -0.15) is 0 Å². The van der Waals surface area contributed by atoms with Crippen LogP contribution in [0.4, 0.5) is 4.39 Å². The monoisotopic (exact) mass is 299 g/mol. The van der Waals surface area contributed by atoms with Gasteiger partial charge < -0.3 is 10.1 Å². The van der Waals surface area contributed by atoms with Crippen molar-refractivity contribution in [1.29, 1.82) is 0 Å². The summed E-state index contributed by atoms with van der Waals surface area (Å²) in [6.07, 6.45) is 2.94. The van der Waals surface area contributed by atoms with Crippen LogP contribution in [-0.4, -0.2) is 19.1 Å². The number of rotatable bonds is 6. The van der Waals surface area contributed by atoms with Gasteiger partial charge in [-0.05, 0) is 42.8 Å². The Balaban J connectivity index is 1.70. The highest BCUT2D eigenvalue weighted by Gasteiger charge is 1.97. The zero-order valence-corrected chi connectivity index (χ0v) is 12.4. The van der Waals surface area contributed by atoms with Crippen LogP contribution >= 0.6 is 0 Å². The zero-order chi connectivity index (χ0) is 15.8. The molecule has 0 heterocycles. The Hall–Kier alpha value is -2.62. The van der Waals surface area contributed by atoms with E-state index in [1.54, 1.807) is 18.2 Å². The fourth-order valence-electron chi connectivity index (χ4n) is 1.82. The van der Waals surface area contributed by atoms with E-state index in [9.17, 15) is 9.18 Å². The van der Waals surface area contributed by atoms with Gasteiger partial charge in [-0.1, -0.05) is 29.8 Å². The van der Waals surface area contributed by atoms with Gasteiger partial charge in [0.15, 0.2) is 0 Å². The van der Waals surface area contributed by atoms with Crippen molar-refractivity contribution in [3.63, 3.8) is 0 Å². The SMILES string of the molecule is Cc1ccc(OCCNC(=O)C=Cc2cccc(F)c2)cc1. The summed E-state index contributed by atoms with van der Waals surface area (Å²) in [5, 5.41) is 2.70. The maximum Gasteiger partial charge on any atom is 0.244 e. The molecular formula is C18H18FNO2. The average Bonchev–Trinajstić information content (AvgIpc) is 2.51. The maximum atomic E-state index is 13.0. The number of benzene rings is 2. The van der Waals surface area contributed by atoms with Crippen LogP contribution in [0.2, 0.25) is 0 Å². The smallest absolute Gasteiger partial charge is 0.244 e. The molecule has 0 spiro atoms. The van der Waals surface area contributed by atoms with Gasteiger partial charge in [0, 0.05) is 6.08 Å². The number of halogens is 1. The minimum atomic E-state index is -0.325. The number of nitrogens with one attached hydrogen (secondary N) is 1. The molecule has 0 saturated carbocycles. The third kappa shape index (κ3) is 5.40. The van der Waals surface area contributed by atoms with Crippen LogP contribution in [0.3, 0.4) is 0 Å². The van der Waals surface area contributed by atoms with Crippen LogP contribution in [0.25, 0.3) is 6.08 Å². The molecule has 1 N–H and O–H groups in total. The van der Waals surface area contributed by atoms with Crippen LogP contribution in [0.1, 0.15) is 11.1 Å². The second-order valence-corrected chi connectivity index (χ2v) is 4.84. The van der Waals surface area contributed by atoms with Crippen molar-refractivity contribution < 1.29 is 13.9 Å². The average molecular weight is 299 g/mol. The molecule has 0 unspecified atom stereocenters. The molecule has 2 aromatic rings. The summed E-state index contributed by atoms with van der Waals surface area (Å²) < 4.78 is 18.5. The third-order valence-corrected chi connectivity index (χ3v) is 2.97. The lowest BCUT2D eigenvalue weighted by Crippen LogP contribution is -2.26.